The summed E-state index contributed by atoms with van der Waals surface area (Å²) >= 11 is 0. The summed E-state index contributed by atoms with van der Waals surface area (Å²) in [5.41, 5.74) is 4.61. The fourth-order valence-corrected chi connectivity index (χ4v) is 3.75. The summed E-state index contributed by atoms with van der Waals surface area (Å²) in [6.45, 7) is 2.31. The van der Waals surface area contributed by atoms with Crippen LogP contribution in [-0.2, 0) is 20.0 Å². The largest absolute Gasteiger partial charge is 0.494 e. The van der Waals surface area contributed by atoms with Gasteiger partial charge in [-0.15, -0.1) is 0 Å². The van der Waals surface area contributed by atoms with Crippen LogP contribution in [0.3, 0.4) is 0 Å². The molecule has 0 aliphatic heterocycles. The molecule has 0 aliphatic rings. The second-order valence-electron chi connectivity index (χ2n) is 7.80. The average Bonchev–Trinajstić information content (AvgIpc) is 3.54. The van der Waals surface area contributed by atoms with E-state index in [9.17, 15) is 0 Å². The minimum atomic E-state index is -0.465. The van der Waals surface area contributed by atoms with E-state index < -0.39 is 5.82 Å². The van der Waals surface area contributed by atoms with Gasteiger partial charge in [0.05, 0.1) is 49.5 Å². The van der Waals surface area contributed by atoms with Crippen molar-refractivity contribution in [2.24, 2.45) is 7.05 Å². The normalized spacial score (nSPS) is 11.2. The molecule has 172 valence electrons. The first-order valence-corrected chi connectivity index (χ1v) is 10.8. The maximum atomic E-state index is 15.5. The molecular formula is C24H23FN8O. The number of ether oxygens (including phenoxy) is 1. The Hall–Kier alpha value is -4.34. The van der Waals surface area contributed by atoms with Gasteiger partial charge in [-0.1, -0.05) is 6.92 Å². The third-order valence-corrected chi connectivity index (χ3v) is 5.54. The smallest absolute Gasteiger partial charge is 0.188 e. The summed E-state index contributed by atoms with van der Waals surface area (Å²) in [5, 5.41) is 4.20. The monoisotopic (exact) mass is 458 g/mol. The number of aromatic nitrogens is 7. The Morgan fingerprint density at radius 3 is 2.74 bits per heavy atom. The van der Waals surface area contributed by atoms with Gasteiger partial charge in [0.15, 0.2) is 17.2 Å². The number of pyridine rings is 1. The predicted molar refractivity (Wildman–Crippen MR) is 126 cm³/mol. The van der Waals surface area contributed by atoms with Crippen molar-refractivity contribution in [2.45, 2.75) is 19.9 Å². The topological polar surface area (TPSA) is 97.6 Å². The number of hydrogen-bond acceptors (Lipinski definition) is 7. The van der Waals surface area contributed by atoms with Gasteiger partial charge in [-0.25, -0.2) is 19.3 Å². The number of anilines is 2. The highest BCUT2D eigenvalue weighted by atomic mass is 19.1. The highest BCUT2D eigenvalue weighted by molar-refractivity contribution is 5.77. The van der Waals surface area contributed by atoms with Gasteiger partial charge in [0.1, 0.15) is 11.3 Å². The van der Waals surface area contributed by atoms with E-state index in [4.69, 9.17) is 9.72 Å². The van der Waals surface area contributed by atoms with Crippen molar-refractivity contribution >= 4 is 22.7 Å². The van der Waals surface area contributed by atoms with Gasteiger partial charge in [0, 0.05) is 25.0 Å². The molecule has 0 bridgehead atoms. The Bertz CT molecular complexity index is 1450. The number of rotatable bonds is 7. The molecule has 4 aromatic heterocycles. The number of methoxy groups -OCH3 is 1. The van der Waals surface area contributed by atoms with Crippen LogP contribution in [0.25, 0.3) is 22.4 Å². The highest BCUT2D eigenvalue weighted by Crippen LogP contribution is 2.35. The summed E-state index contributed by atoms with van der Waals surface area (Å²) in [7, 11) is 3.30. The molecule has 0 spiro atoms. The Morgan fingerprint density at radius 1 is 1.15 bits per heavy atom. The Labute approximate surface area is 195 Å². The van der Waals surface area contributed by atoms with Crippen molar-refractivity contribution in [1.82, 2.24) is 34.7 Å². The lowest BCUT2D eigenvalue weighted by molar-refractivity contribution is 0.386. The molecule has 5 rings (SSSR count). The van der Waals surface area contributed by atoms with Gasteiger partial charge in [-0.05, 0) is 36.2 Å². The van der Waals surface area contributed by atoms with Gasteiger partial charge in [0.25, 0.3) is 0 Å². The molecule has 1 aromatic carbocycles. The van der Waals surface area contributed by atoms with Gasteiger partial charge in [-0.2, -0.15) is 5.10 Å². The molecule has 0 atom stereocenters. The van der Waals surface area contributed by atoms with E-state index >= 15 is 4.39 Å². The maximum absolute atomic E-state index is 15.5. The predicted octanol–water partition coefficient (Wildman–Crippen LogP) is 4.20. The molecule has 34 heavy (non-hydrogen) atoms. The summed E-state index contributed by atoms with van der Waals surface area (Å²) in [5.74, 6) is 0.232. The fourth-order valence-electron chi connectivity index (χ4n) is 3.75. The van der Waals surface area contributed by atoms with Gasteiger partial charge in [-0.3, -0.25) is 9.67 Å². The lowest BCUT2D eigenvalue weighted by Crippen LogP contribution is -2.20. The third-order valence-electron chi connectivity index (χ3n) is 5.54. The SMILES string of the molecule is CCc1cc(OC)c(F)c(N(Cc2c[nH]cn2)c2ccc3ncc(-c4cnn(C)c4)nc3n2)c1. The second kappa shape index (κ2) is 8.89. The van der Waals surface area contributed by atoms with E-state index in [0.29, 0.717) is 34.9 Å². The molecule has 5 aromatic rings. The molecule has 9 nitrogen and oxygen atoms in total. The number of halogens is 1. The van der Waals surface area contributed by atoms with Crippen molar-refractivity contribution in [3.05, 3.63) is 72.5 Å². The Morgan fingerprint density at radius 2 is 2.03 bits per heavy atom. The lowest BCUT2D eigenvalue weighted by Gasteiger charge is -2.25. The summed E-state index contributed by atoms with van der Waals surface area (Å²) < 4.78 is 22.5. The molecule has 0 saturated carbocycles. The van der Waals surface area contributed by atoms with E-state index in [1.807, 2.05) is 32.3 Å². The summed E-state index contributed by atoms with van der Waals surface area (Å²) in [6.07, 6.45) is 9.37. The summed E-state index contributed by atoms with van der Waals surface area (Å²) in [4.78, 5) is 23.0. The zero-order chi connectivity index (χ0) is 23.7. The number of fused-ring (bicyclic) bond motifs is 1. The molecule has 0 saturated heterocycles. The first-order chi connectivity index (χ1) is 16.6. The van der Waals surface area contributed by atoms with Crippen LogP contribution >= 0.6 is 0 Å². The van der Waals surface area contributed by atoms with E-state index in [-0.39, 0.29) is 5.75 Å². The van der Waals surface area contributed by atoms with Gasteiger partial charge >= 0.3 is 0 Å². The number of nitrogens with one attached hydrogen (secondary N) is 1. The molecule has 0 unspecified atom stereocenters. The van der Waals surface area contributed by atoms with Gasteiger partial charge in [0.2, 0.25) is 0 Å². The lowest BCUT2D eigenvalue weighted by atomic mass is 10.1. The van der Waals surface area contributed by atoms with E-state index in [2.05, 4.69) is 25.0 Å². The number of aryl methyl sites for hydroxylation is 2. The molecular weight excluding hydrogens is 435 g/mol. The van der Waals surface area contributed by atoms with Gasteiger partial charge < -0.3 is 14.6 Å². The third kappa shape index (κ3) is 4.05. The summed E-state index contributed by atoms with van der Waals surface area (Å²) in [6, 6.07) is 7.16. The Balaban J connectivity index is 1.65. The minimum Gasteiger partial charge on any atom is -0.494 e. The van der Waals surface area contributed by atoms with Crippen molar-refractivity contribution in [1.29, 1.82) is 0 Å². The Kier molecular flexibility index (Phi) is 5.62. The van der Waals surface area contributed by atoms with Crippen LogP contribution in [0.5, 0.6) is 5.75 Å². The molecule has 1 N–H and O–H groups in total. The number of hydrogen-bond donors (Lipinski definition) is 1. The first-order valence-electron chi connectivity index (χ1n) is 10.8. The van der Waals surface area contributed by atoms with Crippen LogP contribution in [0.1, 0.15) is 18.2 Å². The van der Waals surface area contributed by atoms with E-state index in [1.54, 1.807) is 46.6 Å². The van der Waals surface area contributed by atoms with Crippen molar-refractivity contribution in [2.75, 3.05) is 12.0 Å². The number of imidazole rings is 1. The number of nitrogens with zero attached hydrogens (tertiary/aromatic N) is 7. The highest BCUT2D eigenvalue weighted by Gasteiger charge is 2.21. The molecule has 0 amide bonds. The number of aromatic amines is 1. The maximum Gasteiger partial charge on any atom is 0.188 e. The van der Waals surface area contributed by atoms with Crippen LogP contribution in [0.15, 0.2) is 55.4 Å². The average molecular weight is 459 g/mol. The van der Waals surface area contributed by atoms with E-state index in [1.165, 1.54) is 7.11 Å². The molecule has 0 aliphatic carbocycles. The van der Waals surface area contributed by atoms with Crippen LogP contribution in [0.4, 0.5) is 15.9 Å². The first kappa shape index (κ1) is 21.5. The van der Waals surface area contributed by atoms with Crippen LogP contribution in [0.2, 0.25) is 0 Å². The number of benzene rings is 1. The van der Waals surface area contributed by atoms with Crippen molar-refractivity contribution in [3.8, 4) is 17.0 Å². The second-order valence-corrected chi connectivity index (χ2v) is 7.80. The van der Waals surface area contributed by atoms with Crippen LogP contribution in [-0.4, -0.2) is 41.8 Å². The van der Waals surface area contributed by atoms with Crippen molar-refractivity contribution in [3.63, 3.8) is 0 Å². The standard InChI is InChI=1S/C24H23FN8O/c1-4-15-7-20(23(25)21(8-15)34-3)33(13-17-10-26-14-28-17)22-6-5-18-24(31-22)30-19(11-27-18)16-9-29-32(2)12-16/h5-12,14H,4,13H2,1-3H3,(H,26,28). The molecule has 4 heterocycles. The van der Waals surface area contributed by atoms with Crippen LogP contribution in [0, 0.1) is 5.82 Å². The zero-order valence-electron chi connectivity index (χ0n) is 19.0. The van der Waals surface area contributed by atoms with Crippen molar-refractivity contribution < 1.29 is 9.13 Å². The fraction of sp³-hybridized carbons (Fsp3) is 0.208. The molecule has 0 radical (unpaired) electrons. The zero-order valence-corrected chi connectivity index (χ0v) is 19.0. The molecule has 0 fully saturated rings. The minimum absolute atomic E-state index is 0.181. The van der Waals surface area contributed by atoms with E-state index in [0.717, 1.165) is 23.2 Å². The number of H-pyrrole nitrogens is 1. The quantitative estimate of drug-likeness (QED) is 0.390. The molecule has 10 heteroatoms. The van der Waals surface area contributed by atoms with Crippen LogP contribution < -0.4 is 9.64 Å².